The third kappa shape index (κ3) is 4.51. The largest absolute Gasteiger partial charge is 0.348 e. The Bertz CT molecular complexity index is 734. The molecule has 0 aromatic carbocycles. The molecule has 1 fully saturated rings. The van der Waals surface area contributed by atoms with Crippen molar-refractivity contribution >= 4 is 17.5 Å². The molecule has 1 aliphatic heterocycles. The van der Waals surface area contributed by atoms with Crippen LogP contribution in [0.5, 0.6) is 0 Å². The van der Waals surface area contributed by atoms with Crippen LogP contribution in [-0.4, -0.2) is 64.4 Å². The zero-order valence-corrected chi connectivity index (χ0v) is 14.9. The van der Waals surface area contributed by atoms with Gasteiger partial charge in [0.05, 0.1) is 12.2 Å². The summed E-state index contributed by atoms with van der Waals surface area (Å²) in [5.41, 5.74) is 1.02. The molecular weight excluding hydrogens is 316 g/mol. The Labute approximate surface area is 148 Å². The number of carbonyl (C=O) groups excluding carboxylic acids is 1. The lowest BCUT2D eigenvalue weighted by molar-refractivity contribution is -0.129. The van der Waals surface area contributed by atoms with Crippen molar-refractivity contribution in [1.29, 1.82) is 0 Å². The molecule has 1 amide bonds. The number of carbonyl (C=O) groups is 1. The summed E-state index contributed by atoms with van der Waals surface area (Å²) in [6.07, 6.45) is 2.74. The van der Waals surface area contributed by atoms with Crippen LogP contribution >= 0.6 is 0 Å². The maximum absolute atomic E-state index is 11.9. The molecule has 2 aromatic heterocycles. The fourth-order valence-electron chi connectivity index (χ4n) is 2.98. The maximum Gasteiger partial charge on any atom is 0.236 e. The Morgan fingerprint density at radius 3 is 2.88 bits per heavy atom. The van der Waals surface area contributed by atoms with Gasteiger partial charge in [0.1, 0.15) is 17.5 Å². The van der Waals surface area contributed by atoms with Crippen LogP contribution in [-0.2, 0) is 4.79 Å². The number of rotatable bonds is 5. The minimum atomic E-state index is 0.136. The second-order valence-electron chi connectivity index (χ2n) is 6.57. The van der Waals surface area contributed by atoms with E-state index in [0.29, 0.717) is 12.5 Å². The number of aryl methyl sites for hydroxylation is 1. The highest BCUT2D eigenvalue weighted by Gasteiger charge is 2.27. The van der Waals surface area contributed by atoms with E-state index in [9.17, 15) is 4.79 Å². The second kappa shape index (κ2) is 7.57. The van der Waals surface area contributed by atoms with Gasteiger partial charge in [-0.15, -0.1) is 0 Å². The van der Waals surface area contributed by atoms with Gasteiger partial charge in [-0.25, -0.2) is 15.0 Å². The van der Waals surface area contributed by atoms with Crippen LogP contribution in [0.2, 0.25) is 0 Å². The van der Waals surface area contributed by atoms with Gasteiger partial charge in [0.15, 0.2) is 0 Å². The Morgan fingerprint density at radius 1 is 1.32 bits per heavy atom. The first-order chi connectivity index (χ1) is 12.0. The van der Waals surface area contributed by atoms with Gasteiger partial charge >= 0.3 is 0 Å². The lowest BCUT2D eigenvalue weighted by Crippen LogP contribution is -2.35. The van der Waals surface area contributed by atoms with Gasteiger partial charge < -0.3 is 10.2 Å². The van der Waals surface area contributed by atoms with Gasteiger partial charge in [-0.2, -0.15) is 0 Å². The molecule has 0 radical (unpaired) electrons. The minimum Gasteiger partial charge on any atom is -0.348 e. The molecule has 7 nitrogen and oxygen atoms in total. The molecule has 0 bridgehead atoms. The molecule has 1 N–H and O–H groups in total. The monoisotopic (exact) mass is 340 g/mol. The van der Waals surface area contributed by atoms with Gasteiger partial charge in [-0.05, 0) is 32.0 Å². The molecule has 132 valence electrons. The highest BCUT2D eigenvalue weighted by molar-refractivity contribution is 5.77. The van der Waals surface area contributed by atoms with Gasteiger partial charge in [0, 0.05) is 38.8 Å². The quantitative estimate of drug-likeness (QED) is 0.895. The van der Waals surface area contributed by atoms with Crippen molar-refractivity contribution < 1.29 is 4.79 Å². The van der Waals surface area contributed by atoms with E-state index >= 15 is 0 Å². The Kier molecular flexibility index (Phi) is 5.23. The number of aromatic nitrogens is 3. The summed E-state index contributed by atoms with van der Waals surface area (Å²) in [5.74, 6) is 2.71. The number of amides is 1. The van der Waals surface area contributed by atoms with Crippen LogP contribution in [0.3, 0.4) is 0 Å². The molecule has 3 rings (SSSR count). The summed E-state index contributed by atoms with van der Waals surface area (Å²) in [6.45, 7) is 4.12. The van der Waals surface area contributed by atoms with Crippen LogP contribution in [0, 0.1) is 6.92 Å². The Balaban J connectivity index is 1.69. The first kappa shape index (κ1) is 17.3. The maximum atomic E-state index is 11.9. The summed E-state index contributed by atoms with van der Waals surface area (Å²) >= 11 is 0. The summed E-state index contributed by atoms with van der Waals surface area (Å²) < 4.78 is 0. The normalized spacial score (nSPS) is 17.5. The fraction of sp³-hybridized carbons (Fsp3) is 0.444. The van der Waals surface area contributed by atoms with E-state index in [4.69, 9.17) is 0 Å². The number of hydrogen-bond acceptors (Lipinski definition) is 6. The molecule has 1 saturated heterocycles. The van der Waals surface area contributed by atoms with Crippen LogP contribution in [0.15, 0.2) is 30.5 Å². The molecule has 0 aliphatic carbocycles. The number of anilines is 2. The van der Waals surface area contributed by atoms with Crippen LogP contribution in [0.25, 0.3) is 0 Å². The number of pyridine rings is 1. The Morgan fingerprint density at radius 2 is 2.16 bits per heavy atom. The lowest BCUT2D eigenvalue weighted by atomic mass is 10.0. The molecule has 25 heavy (non-hydrogen) atoms. The molecule has 0 unspecified atom stereocenters. The second-order valence-corrected chi connectivity index (χ2v) is 6.57. The standard InChI is InChI=1S/C18H24N6O/c1-13-20-15(10-17(21-13)22-16-6-4-5-8-19-16)14-7-9-24(11-14)12-18(25)23(2)3/h4-6,8,10,14H,7,9,11-12H2,1-3H3,(H,19,20,21,22)/t14-/m0/s1. The lowest BCUT2D eigenvalue weighted by Gasteiger charge is -2.18. The highest BCUT2D eigenvalue weighted by Crippen LogP contribution is 2.27. The minimum absolute atomic E-state index is 0.136. The third-order valence-corrected chi connectivity index (χ3v) is 4.33. The van der Waals surface area contributed by atoms with Crippen LogP contribution < -0.4 is 5.32 Å². The van der Waals surface area contributed by atoms with Crippen molar-refractivity contribution in [3.8, 4) is 0 Å². The van der Waals surface area contributed by atoms with Gasteiger partial charge in [0.25, 0.3) is 0 Å². The molecule has 2 aromatic rings. The van der Waals surface area contributed by atoms with Gasteiger partial charge in [-0.3, -0.25) is 9.69 Å². The van der Waals surface area contributed by atoms with Crippen molar-refractivity contribution in [1.82, 2.24) is 24.8 Å². The van der Waals surface area contributed by atoms with Crippen molar-refractivity contribution in [3.05, 3.63) is 42.0 Å². The number of nitrogens with zero attached hydrogens (tertiary/aromatic N) is 5. The van der Waals surface area contributed by atoms with Crippen LogP contribution in [0.1, 0.15) is 23.9 Å². The molecular formula is C18H24N6O. The number of likely N-dealkylation sites (N-methyl/N-ethyl adjacent to an activating group) is 1. The number of nitrogens with one attached hydrogen (secondary N) is 1. The van der Waals surface area contributed by atoms with E-state index < -0.39 is 0 Å². The topological polar surface area (TPSA) is 74.2 Å². The van der Waals surface area contributed by atoms with Gasteiger partial charge in [-0.1, -0.05) is 6.07 Å². The van der Waals surface area contributed by atoms with Gasteiger partial charge in [0.2, 0.25) is 5.91 Å². The highest BCUT2D eigenvalue weighted by atomic mass is 16.2. The first-order valence-corrected chi connectivity index (χ1v) is 8.47. The van der Waals surface area contributed by atoms with E-state index in [2.05, 4.69) is 25.2 Å². The van der Waals surface area contributed by atoms with E-state index in [1.54, 1.807) is 25.2 Å². The molecule has 0 saturated carbocycles. The van der Waals surface area contributed by atoms with E-state index in [-0.39, 0.29) is 5.91 Å². The summed E-state index contributed by atoms with van der Waals surface area (Å²) in [5, 5.41) is 3.23. The number of likely N-dealkylation sites (tertiary alicyclic amines) is 1. The molecule has 1 atom stereocenters. The summed E-state index contributed by atoms with van der Waals surface area (Å²) in [4.78, 5) is 29.1. The zero-order chi connectivity index (χ0) is 17.8. The number of hydrogen-bond donors (Lipinski definition) is 1. The van der Waals surface area contributed by atoms with E-state index in [1.165, 1.54) is 0 Å². The fourth-order valence-corrected chi connectivity index (χ4v) is 2.98. The average Bonchev–Trinajstić information content (AvgIpc) is 3.03. The summed E-state index contributed by atoms with van der Waals surface area (Å²) in [6, 6.07) is 7.70. The Hall–Kier alpha value is -2.54. The van der Waals surface area contributed by atoms with Crippen molar-refractivity contribution in [2.24, 2.45) is 0 Å². The first-order valence-electron chi connectivity index (χ1n) is 8.47. The molecule has 0 spiro atoms. The van der Waals surface area contributed by atoms with Crippen LogP contribution in [0.4, 0.5) is 11.6 Å². The smallest absolute Gasteiger partial charge is 0.236 e. The van der Waals surface area contributed by atoms with Crippen molar-refractivity contribution in [3.63, 3.8) is 0 Å². The van der Waals surface area contributed by atoms with Crippen molar-refractivity contribution in [2.75, 3.05) is 39.0 Å². The third-order valence-electron chi connectivity index (χ3n) is 4.33. The molecule has 1 aliphatic rings. The van der Waals surface area contributed by atoms with E-state index in [0.717, 1.165) is 42.7 Å². The van der Waals surface area contributed by atoms with Crippen molar-refractivity contribution in [2.45, 2.75) is 19.3 Å². The molecule has 3 heterocycles. The summed E-state index contributed by atoms with van der Waals surface area (Å²) in [7, 11) is 3.58. The van der Waals surface area contributed by atoms with E-state index in [1.807, 2.05) is 31.2 Å². The SMILES string of the molecule is Cc1nc(Nc2ccccn2)cc([C@H]2CCN(CC(=O)N(C)C)C2)n1. The molecule has 7 heteroatoms. The predicted octanol–water partition coefficient (Wildman–Crippen LogP) is 1.80. The predicted molar refractivity (Wildman–Crippen MR) is 96.8 cm³/mol. The average molecular weight is 340 g/mol. The zero-order valence-electron chi connectivity index (χ0n) is 14.9.